The molecule has 1 amide bonds. The second kappa shape index (κ2) is 6.21. The van der Waals surface area contributed by atoms with E-state index >= 15 is 0 Å². The first-order valence-corrected chi connectivity index (χ1v) is 8.57. The van der Waals surface area contributed by atoms with Gasteiger partial charge in [0, 0.05) is 5.57 Å². The van der Waals surface area contributed by atoms with E-state index in [0.29, 0.717) is 12.8 Å². The zero-order chi connectivity index (χ0) is 18.3. The number of carbonyl (C=O) groups excluding carboxylic acids is 2. The first-order chi connectivity index (χ1) is 10.9. The molecular formula is C15H22NO7S-. The van der Waals surface area contributed by atoms with Gasteiger partial charge in [-0.3, -0.25) is 13.8 Å². The van der Waals surface area contributed by atoms with E-state index in [1.54, 1.807) is 20.8 Å². The lowest BCUT2D eigenvalue weighted by molar-refractivity contribution is -0.197. The summed E-state index contributed by atoms with van der Waals surface area (Å²) in [6.07, 6.45) is 0.691. The van der Waals surface area contributed by atoms with E-state index in [9.17, 15) is 18.4 Å². The average Bonchev–Trinajstić information content (AvgIpc) is 2.92. The van der Waals surface area contributed by atoms with Crippen LogP contribution in [0.4, 0.5) is 0 Å². The molecule has 2 rings (SSSR count). The van der Waals surface area contributed by atoms with Crippen LogP contribution in [0, 0.1) is 0 Å². The van der Waals surface area contributed by atoms with Crippen molar-refractivity contribution >= 4 is 23.2 Å². The van der Waals surface area contributed by atoms with Gasteiger partial charge in [-0.05, 0) is 40.5 Å². The highest BCUT2D eigenvalue weighted by atomic mass is 32.2. The van der Waals surface area contributed by atoms with Crippen molar-refractivity contribution in [2.45, 2.75) is 63.4 Å². The van der Waals surface area contributed by atoms with Crippen LogP contribution in [0.3, 0.4) is 0 Å². The van der Waals surface area contributed by atoms with Crippen LogP contribution in [-0.4, -0.2) is 50.1 Å². The van der Waals surface area contributed by atoms with Crippen LogP contribution >= 0.6 is 0 Å². The molecule has 8 nitrogen and oxygen atoms in total. The number of amides is 1. The second-order valence-corrected chi connectivity index (χ2v) is 7.32. The lowest BCUT2D eigenvalue weighted by Crippen LogP contribution is -2.65. The van der Waals surface area contributed by atoms with Gasteiger partial charge in [0.15, 0.2) is 5.60 Å². The van der Waals surface area contributed by atoms with Crippen molar-refractivity contribution in [2.24, 2.45) is 0 Å². The monoisotopic (exact) mass is 360 g/mol. The van der Waals surface area contributed by atoms with Gasteiger partial charge in [-0.2, -0.15) is 0 Å². The third-order valence-corrected chi connectivity index (χ3v) is 5.68. The minimum Gasteiger partial charge on any atom is -0.750 e. The molecule has 2 heterocycles. The predicted octanol–water partition coefficient (Wildman–Crippen LogP) is 0.501. The third-order valence-electron chi connectivity index (χ3n) is 5.20. The summed E-state index contributed by atoms with van der Waals surface area (Å²) in [5.74, 6) is -1.18. The molecule has 2 aliphatic rings. The maximum Gasteiger partial charge on any atom is 0.326 e. The molecule has 136 valence electrons. The van der Waals surface area contributed by atoms with E-state index < -0.39 is 46.1 Å². The first kappa shape index (κ1) is 19.0. The topological polar surface area (TPSA) is 114 Å². The normalized spacial score (nSPS) is 38.6. The van der Waals surface area contributed by atoms with Crippen molar-refractivity contribution in [1.82, 2.24) is 5.32 Å². The highest BCUT2D eigenvalue weighted by Crippen LogP contribution is 2.58. The molecule has 2 bridgehead atoms. The number of nitrogens with one attached hydrogen (secondary N) is 1. The number of esters is 1. The zero-order valence-corrected chi connectivity index (χ0v) is 15.0. The van der Waals surface area contributed by atoms with Gasteiger partial charge >= 0.3 is 5.97 Å². The minimum atomic E-state index is -2.80. The molecule has 0 aliphatic carbocycles. The van der Waals surface area contributed by atoms with Crippen LogP contribution < -0.4 is 5.32 Å². The van der Waals surface area contributed by atoms with Crippen molar-refractivity contribution in [3.05, 3.63) is 12.2 Å². The summed E-state index contributed by atoms with van der Waals surface area (Å²) >= 11 is -2.80. The smallest absolute Gasteiger partial charge is 0.326 e. The Morgan fingerprint density at radius 1 is 1.42 bits per heavy atom. The van der Waals surface area contributed by atoms with Gasteiger partial charge in [0.2, 0.25) is 5.91 Å². The Balaban J connectivity index is 2.18. The molecule has 2 aliphatic heterocycles. The first-order valence-electron chi connectivity index (χ1n) is 7.57. The zero-order valence-electron chi connectivity index (χ0n) is 14.2. The molecule has 0 spiro atoms. The highest BCUT2D eigenvalue weighted by molar-refractivity contribution is 7.74. The summed E-state index contributed by atoms with van der Waals surface area (Å²) < 4.78 is 38.8. The number of rotatable bonds is 6. The Bertz CT molecular complexity index is 609. The molecule has 0 aromatic heterocycles. The minimum absolute atomic E-state index is 0.263. The highest BCUT2D eigenvalue weighted by Gasteiger charge is 2.74. The van der Waals surface area contributed by atoms with E-state index in [1.165, 1.54) is 6.92 Å². The predicted molar refractivity (Wildman–Crippen MR) is 83.2 cm³/mol. The van der Waals surface area contributed by atoms with Gasteiger partial charge in [-0.25, -0.2) is 4.21 Å². The van der Waals surface area contributed by atoms with Crippen LogP contribution in [0.2, 0.25) is 0 Å². The number of hydrogen-bond donors (Lipinski definition) is 1. The van der Waals surface area contributed by atoms with Gasteiger partial charge in [0.1, 0.15) is 17.7 Å². The van der Waals surface area contributed by atoms with E-state index in [-0.39, 0.29) is 12.1 Å². The van der Waals surface area contributed by atoms with Crippen LogP contribution in [0.25, 0.3) is 0 Å². The van der Waals surface area contributed by atoms with Crippen molar-refractivity contribution in [1.29, 1.82) is 0 Å². The van der Waals surface area contributed by atoms with E-state index in [4.69, 9.17) is 13.7 Å². The van der Waals surface area contributed by atoms with Gasteiger partial charge in [-0.15, -0.1) is 0 Å². The molecule has 2 saturated heterocycles. The van der Waals surface area contributed by atoms with Crippen LogP contribution in [0.5, 0.6) is 0 Å². The van der Waals surface area contributed by atoms with Crippen LogP contribution in [-0.2, 0) is 34.6 Å². The molecule has 0 saturated carbocycles. The number of fused-ring (bicyclic) bond motifs is 2. The van der Waals surface area contributed by atoms with Crippen molar-refractivity contribution in [3.8, 4) is 0 Å². The molecule has 9 heteroatoms. The lowest BCUT2D eigenvalue weighted by atomic mass is 9.67. The number of carbonyl (C=O) groups is 2. The Morgan fingerprint density at radius 3 is 2.58 bits per heavy atom. The molecule has 1 N–H and O–H groups in total. The molecule has 0 aromatic carbocycles. The molecule has 5 unspecified atom stereocenters. The molecule has 0 aromatic rings. The molecule has 24 heavy (non-hydrogen) atoms. The Morgan fingerprint density at radius 2 is 2.04 bits per heavy atom. The molecule has 5 atom stereocenters. The molecule has 2 fully saturated rings. The summed E-state index contributed by atoms with van der Waals surface area (Å²) in [6.45, 7) is 9.53. The maximum atomic E-state index is 12.2. The summed E-state index contributed by atoms with van der Waals surface area (Å²) in [7, 11) is 0. The standard InChI is InChI=1S/C15H23NO7S/c1-9(2)12(18)16-8-11(17)22-15(5)13(3)7-6-10(21-13)14(15,4)23-24(19)20/h10H,1,6-8H2,2-5H3,(H,16,18)(H,19,20)/p-1. The van der Waals surface area contributed by atoms with Gasteiger partial charge in [0.25, 0.3) is 0 Å². The number of hydrogen-bond acceptors (Lipinski definition) is 7. The number of ether oxygens (including phenoxy) is 2. The SMILES string of the molecule is C=C(C)C(=O)NCC(=O)OC1(C)C2(C)CCC(O2)C1(C)OS(=O)[O-]. The van der Waals surface area contributed by atoms with Crippen molar-refractivity contribution < 1.29 is 32.0 Å². The summed E-state index contributed by atoms with van der Waals surface area (Å²) in [5, 5.41) is 2.38. The molecular weight excluding hydrogens is 338 g/mol. The van der Waals surface area contributed by atoms with E-state index in [2.05, 4.69) is 11.9 Å². The van der Waals surface area contributed by atoms with Gasteiger partial charge < -0.3 is 19.3 Å². The fraction of sp³-hybridized carbons (Fsp3) is 0.733. The summed E-state index contributed by atoms with van der Waals surface area (Å²) in [4.78, 5) is 23.7. The van der Waals surface area contributed by atoms with Crippen LogP contribution in [0.15, 0.2) is 12.2 Å². The summed E-state index contributed by atoms with van der Waals surface area (Å²) in [5.41, 5.74) is -3.28. The quantitative estimate of drug-likeness (QED) is 0.417. The summed E-state index contributed by atoms with van der Waals surface area (Å²) in [6, 6.07) is 0. The van der Waals surface area contributed by atoms with E-state index in [0.717, 1.165) is 0 Å². The van der Waals surface area contributed by atoms with Crippen molar-refractivity contribution in [2.75, 3.05) is 6.54 Å². The van der Waals surface area contributed by atoms with Crippen molar-refractivity contribution in [3.63, 3.8) is 0 Å². The third kappa shape index (κ3) is 2.90. The Hall–Kier alpha value is -1.29. The second-order valence-electron chi connectivity index (χ2n) is 6.74. The fourth-order valence-electron chi connectivity index (χ4n) is 3.46. The van der Waals surface area contributed by atoms with E-state index in [1.807, 2.05) is 0 Å². The average molecular weight is 360 g/mol. The molecule has 0 radical (unpaired) electrons. The Labute approximate surface area is 143 Å². The fourth-order valence-corrected chi connectivity index (χ4v) is 4.01. The van der Waals surface area contributed by atoms with Gasteiger partial charge in [0.05, 0.1) is 17.5 Å². The largest absolute Gasteiger partial charge is 0.750 e. The van der Waals surface area contributed by atoms with Gasteiger partial charge in [-0.1, -0.05) is 6.58 Å². The lowest BCUT2D eigenvalue weighted by Gasteiger charge is -2.48. The van der Waals surface area contributed by atoms with Crippen LogP contribution in [0.1, 0.15) is 40.5 Å². The Kier molecular flexibility index (Phi) is 4.93. The maximum absolute atomic E-state index is 12.2.